The summed E-state index contributed by atoms with van der Waals surface area (Å²) in [6.07, 6.45) is 5.18. The van der Waals surface area contributed by atoms with Gasteiger partial charge in [0.1, 0.15) is 0 Å². The molecule has 2 fully saturated rings. The first-order valence-electron chi connectivity index (χ1n) is 6.61. The van der Waals surface area contributed by atoms with Gasteiger partial charge in [-0.3, -0.25) is 0 Å². The highest BCUT2D eigenvalue weighted by Crippen LogP contribution is 2.09. The molecule has 2 saturated heterocycles. The highest BCUT2D eigenvalue weighted by atomic mass is 35.5. The minimum Gasteiger partial charge on any atom is -0.374 e. The number of hydrogen-bond acceptors (Lipinski definition) is 4. The fraction of sp³-hybridized carbons (Fsp3) is 1.00. The van der Waals surface area contributed by atoms with Gasteiger partial charge in [0, 0.05) is 26.3 Å². The van der Waals surface area contributed by atoms with E-state index in [1.54, 1.807) is 0 Å². The van der Waals surface area contributed by atoms with E-state index in [0.717, 1.165) is 52.2 Å². The molecule has 0 bridgehead atoms. The maximum Gasteiger partial charge on any atom is 0.0973 e. The fourth-order valence-corrected chi connectivity index (χ4v) is 2.26. The summed E-state index contributed by atoms with van der Waals surface area (Å²) < 4.78 is 11.8. The zero-order valence-electron chi connectivity index (χ0n) is 10.5. The van der Waals surface area contributed by atoms with E-state index in [1.807, 2.05) is 0 Å². The Labute approximate surface area is 110 Å². The predicted octanol–water partition coefficient (Wildman–Crippen LogP) is 0.945. The lowest BCUT2D eigenvalue weighted by Crippen LogP contribution is -2.47. The number of hydrogen-bond donors (Lipinski definition) is 2. The van der Waals surface area contributed by atoms with Gasteiger partial charge in [0.05, 0.1) is 12.2 Å². The molecular formula is C12H25ClN2O2. The summed E-state index contributed by atoms with van der Waals surface area (Å²) in [6, 6.07) is 0. The molecule has 5 heteroatoms. The lowest BCUT2D eigenvalue weighted by atomic mass is 10.1. The lowest BCUT2D eigenvalue weighted by Gasteiger charge is -2.30. The Bertz CT molecular complexity index is 159. The quantitative estimate of drug-likeness (QED) is 0.740. The highest BCUT2D eigenvalue weighted by molar-refractivity contribution is 5.85. The van der Waals surface area contributed by atoms with Crippen LogP contribution in [0, 0.1) is 0 Å². The summed E-state index contributed by atoms with van der Waals surface area (Å²) >= 11 is 0. The minimum absolute atomic E-state index is 0. The van der Waals surface area contributed by atoms with Crippen molar-refractivity contribution in [1.82, 2.24) is 10.6 Å². The van der Waals surface area contributed by atoms with Crippen LogP contribution in [0.3, 0.4) is 0 Å². The Balaban J connectivity index is 0.00000144. The monoisotopic (exact) mass is 264 g/mol. The van der Waals surface area contributed by atoms with Crippen molar-refractivity contribution in [2.24, 2.45) is 0 Å². The second-order valence-corrected chi connectivity index (χ2v) is 4.64. The number of ether oxygens (including phenoxy) is 2. The molecule has 2 unspecified atom stereocenters. The Morgan fingerprint density at radius 3 is 1.65 bits per heavy atom. The zero-order valence-corrected chi connectivity index (χ0v) is 11.3. The van der Waals surface area contributed by atoms with E-state index in [2.05, 4.69) is 10.6 Å². The fourth-order valence-electron chi connectivity index (χ4n) is 2.26. The van der Waals surface area contributed by atoms with Gasteiger partial charge >= 0.3 is 0 Å². The van der Waals surface area contributed by atoms with Crippen LogP contribution >= 0.6 is 12.4 Å². The van der Waals surface area contributed by atoms with Crippen molar-refractivity contribution in [2.75, 3.05) is 39.4 Å². The van der Waals surface area contributed by atoms with Crippen LogP contribution in [0.5, 0.6) is 0 Å². The Kier molecular flexibility index (Phi) is 8.14. The van der Waals surface area contributed by atoms with Crippen LogP contribution in [-0.4, -0.2) is 51.6 Å². The second kappa shape index (κ2) is 9.11. The van der Waals surface area contributed by atoms with Gasteiger partial charge in [-0.2, -0.15) is 0 Å². The van der Waals surface area contributed by atoms with Gasteiger partial charge in [-0.05, 0) is 38.8 Å². The molecule has 2 aliphatic rings. The molecule has 0 aromatic carbocycles. The predicted molar refractivity (Wildman–Crippen MR) is 70.9 cm³/mol. The second-order valence-electron chi connectivity index (χ2n) is 4.64. The van der Waals surface area contributed by atoms with Gasteiger partial charge in [0.25, 0.3) is 0 Å². The first-order valence-corrected chi connectivity index (χ1v) is 6.61. The first-order chi connectivity index (χ1) is 7.97. The molecule has 0 spiro atoms. The zero-order chi connectivity index (χ0) is 11.1. The smallest absolute Gasteiger partial charge is 0.0973 e. The summed E-state index contributed by atoms with van der Waals surface area (Å²) in [5.74, 6) is 0. The summed E-state index contributed by atoms with van der Waals surface area (Å²) in [6.45, 7) is 5.83. The van der Waals surface area contributed by atoms with Crippen LogP contribution < -0.4 is 10.6 Å². The van der Waals surface area contributed by atoms with Crippen molar-refractivity contribution in [3.8, 4) is 0 Å². The molecule has 2 heterocycles. The van der Waals surface area contributed by atoms with Crippen LogP contribution in [0.1, 0.15) is 25.7 Å². The molecule has 4 nitrogen and oxygen atoms in total. The molecule has 0 amide bonds. The normalized spacial score (nSPS) is 32.5. The van der Waals surface area contributed by atoms with Gasteiger partial charge in [0.2, 0.25) is 0 Å². The van der Waals surface area contributed by atoms with Crippen LogP contribution in [0.25, 0.3) is 0 Å². The van der Waals surface area contributed by atoms with Gasteiger partial charge in [-0.1, -0.05) is 0 Å². The lowest BCUT2D eigenvalue weighted by molar-refractivity contribution is -0.0778. The molecule has 2 atom stereocenters. The van der Waals surface area contributed by atoms with Crippen molar-refractivity contribution in [2.45, 2.75) is 37.9 Å². The number of halogens is 1. The Morgan fingerprint density at radius 2 is 1.18 bits per heavy atom. The Hall–Kier alpha value is 0.130. The molecule has 2 rings (SSSR count). The average Bonchev–Trinajstić information content (AvgIpc) is 2.18. The van der Waals surface area contributed by atoms with Crippen LogP contribution in [0.15, 0.2) is 0 Å². The third-order valence-corrected chi connectivity index (χ3v) is 3.27. The topological polar surface area (TPSA) is 42.5 Å². The SMILES string of the molecule is C1CCOC(C2CNCCCCO2)CNC1.Cl. The minimum atomic E-state index is 0. The summed E-state index contributed by atoms with van der Waals surface area (Å²) in [5.41, 5.74) is 0. The molecule has 0 saturated carbocycles. The van der Waals surface area contributed by atoms with Gasteiger partial charge in [0.15, 0.2) is 0 Å². The molecule has 17 heavy (non-hydrogen) atoms. The number of rotatable bonds is 1. The Morgan fingerprint density at radius 1 is 0.706 bits per heavy atom. The molecule has 0 aromatic heterocycles. The maximum absolute atomic E-state index is 5.89. The van der Waals surface area contributed by atoms with E-state index in [-0.39, 0.29) is 24.6 Å². The van der Waals surface area contributed by atoms with Crippen LogP contribution in [-0.2, 0) is 9.47 Å². The third kappa shape index (κ3) is 5.53. The molecule has 0 aromatic rings. The first kappa shape index (κ1) is 15.2. The van der Waals surface area contributed by atoms with Gasteiger partial charge in [-0.25, -0.2) is 0 Å². The highest BCUT2D eigenvalue weighted by Gasteiger charge is 2.24. The van der Waals surface area contributed by atoms with E-state index in [9.17, 15) is 0 Å². The van der Waals surface area contributed by atoms with Gasteiger partial charge in [-0.15, -0.1) is 12.4 Å². The molecule has 0 radical (unpaired) electrons. The molecule has 2 aliphatic heterocycles. The average molecular weight is 265 g/mol. The molecule has 0 aliphatic carbocycles. The largest absolute Gasteiger partial charge is 0.374 e. The summed E-state index contributed by atoms with van der Waals surface area (Å²) in [7, 11) is 0. The van der Waals surface area contributed by atoms with Crippen molar-refractivity contribution >= 4 is 12.4 Å². The number of nitrogens with one attached hydrogen (secondary N) is 2. The van der Waals surface area contributed by atoms with Crippen molar-refractivity contribution in [3.05, 3.63) is 0 Å². The van der Waals surface area contributed by atoms with Crippen molar-refractivity contribution in [3.63, 3.8) is 0 Å². The molecular weight excluding hydrogens is 240 g/mol. The standard InChI is InChI=1S/C12H24N2O2.ClH/c1-3-7-15-11(9-13-5-1)12-10-14-6-2-4-8-16-12;/h11-14H,1-10H2;1H. The van der Waals surface area contributed by atoms with Crippen LogP contribution in [0.2, 0.25) is 0 Å². The van der Waals surface area contributed by atoms with E-state index < -0.39 is 0 Å². The van der Waals surface area contributed by atoms with Gasteiger partial charge < -0.3 is 20.1 Å². The van der Waals surface area contributed by atoms with E-state index in [4.69, 9.17) is 9.47 Å². The molecule has 102 valence electrons. The van der Waals surface area contributed by atoms with Crippen LogP contribution in [0.4, 0.5) is 0 Å². The third-order valence-electron chi connectivity index (χ3n) is 3.27. The van der Waals surface area contributed by atoms with E-state index in [1.165, 1.54) is 12.8 Å². The van der Waals surface area contributed by atoms with E-state index in [0.29, 0.717) is 0 Å². The van der Waals surface area contributed by atoms with Crippen molar-refractivity contribution in [1.29, 1.82) is 0 Å². The summed E-state index contributed by atoms with van der Waals surface area (Å²) in [5, 5.41) is 6.88. The molecule has 2 N–H and O–H groups in total. The van der Waals surface area contributed by atoms with Crippen molar-refractivity contribution < 1.29 is 9.47 Å². The maximum atomic E-state index is 5.89. The summed E-state index contributed by atoms with van der Waals surface area (Å²) in [4.78, 5) is 0. The van der Waals surface area contributed by atoms with E-state index >= 15 is 0 Å².